The molecule has 0 aromatic carbocycles. The van der Waals surface area contributed by atoms with Gasteiger partial charge in [0.2, 0.25) is 0 Å². The van der Waals surface area contributed by atoms with Crippen molar-refractivity contribution in [3.05, 3.63) is 0 Å². The van der Waals surface area contributed by atoms with Crippen LogP contribution in [0, 0.1) is 0 Å². The Hall–Kier alpha value is -1.10. The highest BCUT2D eigenvalue weighted by Crippen LogP contribution is 1.71. The molecular weight excluding hydrogens is 146 g/mol. The molecule has 0 rings (SSSR count). The monoisotopic (exact) mass is 159 g/mol. The molecule has 0 unspecified atom stereocenters. The van der Waals surface area contributed by atoms with Crippen molar-refractivity contribution in [2.45, 2.75) is 6.42 Å². The second-order valence-corrected chi connectivity index (χ2v) is 1.99. The summed E-state index contributed by atoms with van der Waals surface area (Å²) in [5.41, 5.74) is 0. The third-order valence-electron chi connectivity index (χ3n) is 1.08. The summed E-state index contributed by atoms with van der Waals surface area (Å²) in [6.45, 7) is 1.45. The number of oxime groups is 1. The van der Waals surface area contributed by atoms with E-state index in [1.165, 1.54) is 0 Å². The first kappa shape index (κ1) is 9.90. The summed E-state index contributed by atoms with van der Waals surface area (Å²) in [5.74, 6) is -0.372. The minimum absolute atomic E-state index is 0.372. The molecule has 0 spiro atoms. The summed E-state index contributed by atoms with van der Waals surface area (Å²) < 4.78 is 0. The lowest BCUT2D eigenvalue weighted by Gasteiger charge is -1.99. The van der Waals surface area contributed by atoms with E-state index in [4.69, 9.17) is 5.21 Å². The highest BCUT2D eigenvalue weighted by molar-refractivity contribution is 6.25. The molecule has 5 heteroatoms. The van der Waals surface area contributed by atoms with Crippen molar-refractivity contribution in [3.63, 3.8) is 0 Å². The van der Waals surface area contributed by atoms with Gasteiger partial charge < -0.3 is 15.8 Å². The van der Waals surface area contributed by atoms with Gasteiger partial charge in [-0.2, -0.15) is 0 Å². The van der Waals surface area contributed by atoms with Crippen LogP contribution >= 0.6 is 0 Å². The molecule has 0 aliphatic carbocycles. The Bertz CT molecular complexity index is 136. The largest absolute Gasteiger partial charge is 0.411 e. The van der Waals surface area contributed by atoms with E-state index in [1.54, 1.807) is 0 Å². The van der Waals surface area contributed by atoms with Gasteiger partial charge in [0.1, 0.15) is 6.21 Å². The number of nitrogens with zero attached hydrogens (tertiary/aromatic N) is 1. The fourth-order valence-corrected chi connectivity index (χ4v) is 0.575. The molecule has 0 bridgehead atoms. The second kappa shape index (κ2) is 7.01. The van der Waals surface area contributed by atoms with Gasteiger partial charge in [0.15, 0.2) is 0 Å². The Morgan fingerprint density at radius 1 is 1.64 bits per heavy atom. The lowest BCUT2D eigenvalue weighted by Crippen LogP contribution is -2.27. The molecule has 0 fully saturated rings. The summed E-state index contributed by atoms with van der Waals surface area (Å²) in [5, 5.41) is 16.0. The second-order valence-electron chi connectivity index (χ2n) is 1.99. The molecule has 0 aliphatic heterocycles. The van der Waals surface area contributed by atoms with Gasteiger partial charge in [0, 0.05) is 6.54 Å². The lowest BCUT2D eigenvalue weighted by atomic mass is 10.4. The van der Waals surface area contributed by atoms with Crippen LogP contribution in [0.3, 0.4) is 0 Å². The molecule has 0 atom stereocenters. The Morgan fingerprint density at radius 3 is 2.91 bits per heavy atom. The minimum atomic E-state index is -0.372. The maximum atomic E-state index is 10.6. The third-order valence-corrected chi connectivity index (χ3v) is 1.08. The Balaban J connectivity index is 3.17. The summed E-state index contributed by atoms with van der Waals surface area (Å²) >= 11 is 0. The number of carbonyl (C=O) groups is 1. The average Bonchev–Trinajstić information content (AvgIpc) is 1.99. The zero-order chi connectivity index (χ0) is 8.53. The van der Waals surface area contributed by atoms with Gasteiger partial charge in [-0.1, -0.05) is 5.16 Å². The van der Waals surface area contributed by atoms with Gasteiger partial charge in [0.25, 0.3) is 5.91 Å². The van der Waals surface area contributed by atoms with E-state index in [-0.39, 0.29) is 5.91 Å². The van der Waals surface area contributed by atoms with Gasteiger partial charge in [0.05, 0.1) is 0 Å². The smallest absolute Gasteiger partial charge is 0.265 e. The fraction of sp³-hybridized carbons (Fsp3) is 0.667. The quantitative estimate of drug-likeness (QED) is 0.212. The van der Waals surface area contributed by atoms with E-state index in [1.807, 2.05) is 7.05 Å². The first-order valence-corrected chi connectivity index (χ1v) is 3.41. The van der Waals surface area contributed by atoms with Gasteiger partial charge in [-0.05, 0) is 20.0 Å². The number of hydrogen-bond acceptors (Lipinski definition) is 4. The molecule has 0 aliphatic rings. The van der Waals surface area contributed by atoms with Crippen molar-refractivity contribution in [1.82, 2.24) is 10.6 Å². The molecule has 0 saturated heterocycles. The molecule has 0 aromatic heterocycles. The lowest BCUT2D eigenvalue weighted by molar-refractivity contribution is -0.114. The molecule has 3 N–H and O–H groups in total. The Morgan fingerprint density at radius 2 is 2.36 bits per heavy atom. The molecule has 0 saturated carbocycles. The standard InChI is InChI=1S/C6H13N3O2/c1-7-3-2-4-8-6(10)5-9-11/h5,7,11H,2-4H2,1H3,(H,8,10). The van der Waals surface area contributed by atoms with E-state index in [2.05, 4.69) is 15.8 Å². The van der Waals surface area contributed by atoms with Gasteiger partial charge in [-0.25, -0.2) is 0 Å². The maximum Gasteiger partial charge on any atom is 0.265 e. The first-order chi connectivity index (χ1) is 5.31. The maximum absolute atomic E-state index is 10.6. The topological polar surface area (TPSA) is 73.7 Å². The molecule has 0 radical (unpaired) electrons. The highest BCUT2D eigenvalue weighted by atomic mass is 16.4. The summed E-state index contributed by atoms with van der Waals surface area (Å²) in [4.78, 5) is 10.6. The van der Waals surface area contributed by atoms with Crippen LogP contribution in [0.2, 0.25) is 0 Å². The van der Waals surface area contributed by atoms with Gasteiger partial charge >= 0.3 is 0 Å². The predicted octanol–water partition coefficient (Wildman–Crippen LogP) is -0.828. The number of amides is 1. The SMILES string of the molecule is CNCCCNC(=O)C=NO. The van der Waals surface area contributed by atoms with Crippen LogP contribution in [-0.4, -0.2) is 37.5 Å². The Kier molecular flexibility index (Phi) is 6.31. The number of nitrogens with one attached hydrogen (secondary N) is 2. The third kappa shape index (κ3) is 6.79. The normalized spacial score (nSPS) is 10.3. The number of rotatable bonds is 5. The van der Waals surface area contributed by atoms with E-state index in [0.29, 0.717) is 6.54 Å². The molecule has 0 heterocycles. The summed E-state index contributed by atoms with van der Waals surface area (Å²) in [6, 6.07) is 0. The van der Waals surface area contributed by atoms with E-state index in [9.17, 15) is 4.79 Å². The molecule has 11 heavy (non-hydrogen) atoms. The minimum Gasteiger partial charge on any atom is -0.411 e. The summed E-state index contributed by atoms with van der Waals surface area (Å²) in [6.07, 6.45) is 1.70. The average molecular weight is 159 g/mol. The zero-order valence-electron chi connectivity index (χ0n) is 6.50. The molecule has 1 amide bonds. The molecular formula is C6H13N3O2. The van der Waals surface area contributed by atoms with Crippen LogP contribution in [-0.2, 0) is 4.79 Å². The van der Waals surface area contributed by atoms with Crippen LogP contribution in [0.1, 0.15) is 6.42 Å². The molecule has 0 aromatic rings. The first-order valence-electron chi connectivity index (χ1n) is 3.41. The van der Waals surface area contributed by atoms with Crippen LogP contribution in [0.25, 0.3) is 0 Å². The van der Waals surface area contributed by atoms with Crippen molar-refractivity contribution in [2.75, 3.05) is 20.1 Å². The van der Waals surface area contributed by atoms with Crippen LogP contribution in [0.15, 0.2) is 5.16 Å². The van der Waals surface area contributed by atoms with Gasteiger partial charge in [-0.15, -0.1) is 0 Å². The van der Waals surface area contributed by atoms with Crippen molar-refractivity contribution in [2.24, 2.45) is 5.16 Å². The van der Waals surface area contributed by atoms with Crippen molar-refractivity contribution in [1.29, 1.82) is 0 Å². The highest BCUT2D eigenvalue weighted by Gasteiger charge is 1.93. The fourth-order valence-electron chi connectivity index (χ4n) is 0.575. The zero-order valence-corrected chi connectivity index (χ0v) is 6.50. The van der Waals surface area contributed by atoms with Crippen LogP contribution in [0.4, 0.5) is 0 Å². The van der Waals surface area contributed by atoms with E-state index in [0.717, 1.165) is 19.2 Å². The van der Waals surface area contributed by atoms with Gasteiger partial charge in [-0.3, -0.25) is 4.79 Å². The van der Waals surface area contributed by atoms with Crippen molar-refractivity contribution < 1.29 is 10.0 Å². The Labute approximate surface area is 65.5 Å². The van der Waals surface area contributed by atoms with E-state index >= 15 is 0 Å². The van der Waals surface area contributed by atoms with Crippen LogP contribution in [0.5, 0.6) is 0 Å². The molecule has 64 valence electrons. The van der Waals surface area contributed by atoms with E-state index < -0.39 is 0 Å². The van der Waals surface area contributed by atoms with Crippen molar-refractivity contribution >= 4 is 12.1 Å². The predicted molar refractivity (Wildman–Crippen MR) is 41.8 cm³/mol. The number of carbonyl (C=O) groups excluding carboxylic acids is 1. The van der Waals surface area contributed by atoms with Crippen molar-refractivity contribution in [3.8, 4) is 0 Å². The number of hydrogen-bond donors (Lipinski definition) is 3. The molecule has 5 nitrogen and oxygen atoms in total. The summed E-state index contributed by atoms with van der Waals surface area (Å²) in [7, 11) is 1.84. The van der Waals surface area contributed by atoms with Crippen LogP contribution < -0.4 is 10.6 Å².